The monoisotopic (exact) mass is 554 g/mol. The van der Waals surface area contributed by atoms with E-state index >= 15 is 0 Å². The molecular weight excluding hydrogens is 540 g/mol. The fraction of sp³-hybridized carbons (Fsp3) is 0.316. The highest BCUT2D eigenvalue weighted by molar-refractivity contribution is 8.15. The highest BCUT2D eigenvalue weighted by Gasteiger charge is 2.35. The van der Waals surface area contributed by atoms with E-state index in [1.165, 1.54) is 4.90 Å². The van der Waals surface area contributed by atoms with Gasteiger partial charge in [-0.1, -0.05) is 23.4 Å². The second-order valence-corrected chi connectivity index (χ2v) is 9.43. The summed E-state index contributed by atoms with van der Waals surface area (Å²) in [7, 11) is 0.789. The van der Waals surface area contributed by atoms with E-state index in [4.69, 9.17) is 16.7 Å². The van der Waals surface area contributed by atoms with Crippen molar-refractivity contribution in [3.8, 4) is 5.69 Å². The summed E-state index contributed by atoms with van der Waals surface area (Å²) in [6.07, 6.45) is -4.99. The first-order valence-electron chi connectivity index (χ1n) is 9.52. The third-order valence-electron chi connectivity index (χ3n) is 4.63. The molecule has 35 heavy (non-hydrogen) atoms. The molecule has 1 aliphatic heterocycles. The molecular formula is C19H15ClF4N4O5S2. The number of carbonyl (C=O) groups excluding carboxylic acids is 1. The van der Waals surface area contributed by atoms with E-state index in [0.717, 1.165) is 42.7 Å². The summed E-state index contributed by atoms with van der Waals surface area (Å²) >= 11 is 8.18. The number of aromatic nitrogens is 2. The quantitative estimate of drug-likeness (QED) is 0.413. The molecule has 1 fully saturated rings. The summed E-state index contributed by atoms with van der Waals surface area (Å²) in [5.41, 5.74) is -5.17. The van der Waals surface area contributed by atoms with Gasteiger partial charge in [-0.2, -0.15) is 13.2 Å². The molecule has 0 radical (unpaired) electrons. The molecule has 0 aliphatic carbocycles. The highest BCUT2D eigenvalue weighted by Crippen LogP contribution is 2.33. The molecule has 9 nitrogen and oxygen atoms in total. The molecule has 0 atom stereocenters. The Morgan fingerprint density at radius 2 is 1.94 bits per heavy atom. The average Bonchev–Trinajstić information content (AvgIpc) is 3.09. The number of aliphatic imine (C=N–C) groups is 1. The lowest BCUT2D eigenvalue weighted by Crippen LogP contribution is -2.41. The number of hydrogen-bond acceptors (Lipinski definition) is 7. The lowest BCUT2D eigenvalue weighted by Gasteiger charge is -2.16. The van der Waals surface area contributed by atoms with Crippen LogP contribution in [0, 0.1) is 5.82 Å². The number of benzene rings is 1. The predicted molar refractivity (Wildman–Crippen MR) is 123 cm³/mol. The van der Waals surface area contributed by atoms with Crippen LogP contribution in [0.25, 0.3) is 5.69 Å². The largest absolute Gasteiger partial charge is 0.481 e. The fourth-order valence-electron chi connectivity index (χ4n) is 3.02. The lowest BCUT2D eigenvalue weighted by atomic mass is 10.2. The summed E-state index contributed by atoms with van der Waals surface area (Å²) in [4.78, 5) is 53.2. The van der Waals surface area contributed by atoms with Crippen LogP contribution in [-0.4, -0.2) is 60.0 Å². The molecule has 0 bridgehead atoms. The Balaban J connectivity index is 2.03. The number of nitrogens with zero attached hydrogens (tertiary/aromatic N) is 4. The summed E-state index contributed by atoms with van der Waals surface area (Å²) in [6.45, 7) is 0.132. The first-order valence-corrected chi connectivity index (χ1v) is 12.0. The maximum Gasteiger partial charge on any atom is 0.431 e. The van der Waals surface area contributed by atoms with Gasteiger partial charge in [-0.3, -0.25) is 23.9 Å². The van der Waals surface area contributed by atoms with Crippen molar-refractivity contribution in [2.24, 2.45) is 12.0 Å². The molecule has 1 aliphatic rings. The number of rotatable bonds is 7. The zero-order valence-electron chi connectivity index (χ0n) is 17.6. The highest BCUT2D eigenvalue weighted by atomic mass is 35.5. The van der Waals surface area contributed by atoms with Crippen LogP contribution in [-0.2, 0) is 22.8 Å². The van der Waals surface area contributed by atoms with Gasteiger partial charge in [-0.15, -0.1) is 11.8 Å². The van der Waals surface area contributed by atoms with Crippen molar-refractivity contribution in [2.45, 2.75) is 6.18 Å². The average molecular weight is 555 g/mol. The van der Waals surface area contributed by atoms with Crippen LogP contribution in [0.1, 0.15) is 5.69 Å². The Bertz CT molecular complexity index is 1340. The summed E-state index contributed by atoms with van der Waals surface area (Å²) in [5.74, 6) is -2.32. The van der Waals surface area contributed by atoms with Gasteiger partial charge in [0, 0.05) is 25.4 Å². The van der Waals surface area contributed by atoms with Crippen molar-refractivity contribution >= 4 is 57.9 Å². The van der Waals surface area contributed by atoms with Gasteiger partial charge in [0.05, 0.1) is 27.9 Å². The number of hydrogen-bond donors (Lipinski definition) is 1. The third-order valence-corrected chi connectivity index (χ3v) is 6.81. The second-order valence-electron chi connectivity index (χ2n) is 6.97. The third kappa shape index (κ3) is 5.90. The van der Waals surface area contributed by atoms with Crippen molar-refractivity contribution in [3.63, 3.8) is 0 Å². The number of carboxylic acid groups (broad SMARTS) is 1. The zero-order valence-corrected chi connectivity index (χ0v) is 20.0. The van der Waals surface area contributed by atoms with E-state index < -0.39 is 40.6 Å². The van der Waals surface area contributed by atoms with Crippen LogP contribution < -0.4 is 11.2 Å². The molecule has 0 unspecified atom stereocenters. The van der Waals surface area contributed by atoms with Gasteiger partial charge in [0.2, 0.25) is 5.91 Å². The molecule has 1 aromatic heterocycles. The van der Waals surface area contributed by atoms with Crippen molar-refractivity contribution in [3.05, 3.63) is 55.6 Å². The van der Waals surface area contributed by atoms with Gasteiger partial charge in [0.15, 0.2) is 5.17 Å². The smallest absolute Gasteiger partial charge is 0.431 e. The fourth-order valence-corrected chi connectivity index (χ4v) is 4.77. The summed E-state index contributed by atoms with van der Waals surface area (Å²) < 4.78 is 54.4. The molecule has 2 heterocycles. The van der Waals surface area contributed by atoms with Gasteiger partial charge in [-0.05, 0) is 12.1 Å². The Morgan fingerprint density at radius 1 is 1.26 bits per heavy atom. The van der Waals surface area contributed by atoms with E-state index in [1.807, 2.05) is 0 Å². The van der Waals surface area contributed by atoms with E-state index in [-0.39, 0.29) is 60.8 Å². The van der Waals surface area contributed by atoms with Crippen LogP contribution in [0.3, 0.4) is 0 Å². The number of amidine groups is 1. The molecule has 0 spiro atoms. The Morgan fingerprint density at radius 3 is 2.57 bits per heavy atom. The van der Waals surface area contributed by atoms with Crippen LogP contribution in [0.2, 0.25) is 5.02 Å². The minimum atomic E-state index is -4.99. The van der Waals surface area contributed by atoms with E-state index in [0.29, 0.717) is 0 Å². The molecule has 3 rings (SSSR count). The normalized spacial score (nSPS) is 15.3. The number of alkyl halides is 3. The van der Waals surface area contributed by atoms with E-state index in [1.54, 1.807) is 0 Å². The van der Waals surface area contributed by atoms with Gasteiger partial charge >= 0.3 is 17.8 Å². The Kier molecular flexibility index (Phi) is 8.01. The minimum absolute atomic E-state index is 0.0347. The molecule has 2 aromatic rings. The second kappa shape index (κ2) is 10.5. The zero-order chi connectivity index (χ0) is 26.1. The molecule has 1 aromatic carbocycles. The topological polar surface area (TPSA) is 114 Å². The van der Waals surface area contributed by atoms with Crippen LogP contribution in [0.15, 0.2) is 32.8 Å². The maximum atomic E-state index is 14.7. The first kappa shape index (κ1) is 26.8. The molecule has 1 saturated heterocycles. The van der Waals surface area contributed by atoms with Gasteiger partial charge in [0.1, 0.15) is 11.5 Å². The summed E-state index contributed by atoms with van der Waals surface area (Å²) in [6, 6.07) is 1.83. The number of carbonyl (C=O) groups is 2. The molecule has 0 saturated carbocycles. The van der Waals surface area contributed by atoms with Gasteiger partial charge in [0.25, 0.3) is 5.56 Å². The first-order chi connectivity index (χ1) is 16.3. The number of thioether (sulfide) groups is 2. The van der Waals surface area contributed by atoms with Crippen molar-refractivity contribution in [2.75, 3.05) is 23.8 Å². The standard InChI is InChI=1S/C19H15ClF4N4O5S2/c1-26-13(19(22,23)24)6-14(29)28(18(26)33)12-5-11(9(20)4-10(12)21)25-17-27(15(30)7-35-17)2-3-34-8-16(31)32/h4-6H,2-3,7-8H2,1H3,(H,31,32). The number of halogens is 5. The van der Waals surface area contributed by atoms with Crippen molar-refractivity contribution in [1.82, 2.24) is 14.0 Å². The van der Waals surface area contributed by atoms with Crippen LogP contribution >= 0.6 is 35.1 Å². The molecule has 1 N–H and O–H groups in total. The van der Waals surface area contributed by atoms with E-state index in [9.17, 15) is 36.7 Å². The lowest BCUT2D eigenvalue weighted by molar-refractivity contribution is -0.144. The van der Waals surface area contributed by atoms with Crippen LogP contribution in [0.4, 0.5) is 23.2 Å². The number of aliphatic carboxylic acids is 1. The Hall–Kier alpha value is -2.78. The Labute approximate surface area is 207 Å². The van der Waals surface area contributed by atoms with Gasteiger partial charge in [-0.25, -0.2) is 18.7 Å². The molecule has 188 valence electrons. The number of amides is 1. The van der Waals surface area contributed by atoms with Crippen LogP contribution in [0.5, 0.6) is 0 Å². The van der Waals surface area contributed by atoms with Crippen molar-refractivity contribution < 1.29 is 32.3 Å². The maximum absolute atomic E-state index is 14.7. The molecule has 1 amide bonds. The van der Waals surface area contributed by atoms with Crippen molar-refractivity contribution in [1.29, 1.82) is 0 Å². The molecule has 16 heteroatoms. The number of carboxylic acids is 1. The van der Waals surface area contributed by atoms with E-state index in [2.05, 4.69) is 4.99 Å². The SMILES string of the molecule is Cn1c(C(F)(F)F)cc(=O)n(-c2cc(N=C3SCC(=O)N3CCSCC(=O)O)c(Cl)cc2F)c1=O. The minimum Gasteiger partial charge on any atom is -0.481 e. The summed E-state index contributed by atoms with van der Waals surface area (Å²) in [5, 5.41) is 8.63. The van der Waals surface area contributed by atoms with Gasteiger partial charge < -0.3 is 5.11 Å². The predicted octanol–water partition coefficient (Wildman–Crippen LogP) is 2.73.